The van der Waals surface area contributed by atoms with Gasteiger partial charge >= 0.3 is 6.03 Å². The summed E-state index contributed by atoms with van der Waals surface area (Å²) in [5, 5.41) is 12.3. The van der Waals surface area contributed by atoms with Gasteiger partial charge in [0.1, 0.15) is 6.29 Å². The molecular weight excluding hydrogens is 264 g/mol. The van der Waals surface area contributed by atoms with Gasteiger partial charge in [0.25, 0.3) is 0 Å². The van der Waals surface area contributed by atoms with Gasteiger partial charge in [-0.05, 0) is 32.1 Å². The Kier molecular flexibility index (Phi) is 5.30. The number of hydrogen-bond acceptors (Lipinski definition) is 3. The lowest BCUT2D eigenvalue weighted by Gasteiger charge is -2.34. The zero-order valence-electron chi connectivity index (χ0n) is 11.7. The minimum Gasteiger partial charge on any atom is -0.335 e. The minimum absolute atomic E-state index is 0.101. The van der Waals surface area contributed by atoms with Gasteiger partial charge in [-0.1, -0.05) is 19.8 Å². The summed E-state index contributed by atoms with van der Waals surface area (Å²) in [7, 11) is 0. The molecule has 1 heterocycles. The smallest absolute Gasteiger partial charge is 0.317 e. The van der Waals surface area contributed by atoms with Crippen LogP contribution < -0.4 is 21.3 Å². The lowest BCUT2D eigenvalue weighted by atomic mass is 9.87. The second-order valence-electron chi connectivity index (χ2n) is 5.96. The van der Waals surface area contributed by atoms with Gasteiger partial charge in [-0.15, -0.1) is 11.6 Å². The summed E-state index contributed by atoms with van der Waals surface area (Å²) in [4.78, 5) is 12.0. The molecule has 0 bridgehead atoms. The lowest BCUT2D eigenvalue weighted by Crippen LogP contribution is -2.65. The highest BCUT2D eigenvalue weighted by molar-refractivity contribution is 6.20. The Morgan fingerprint density at radius 1 is 1.16 bits per heavy atom. The number of amides is 2. The molecule has 0 aromatic carbocycles. The Labute approximate surface area is 120 Å². The van der Waals surface area contributed by atoms with Crippen LogP contribution in [0.15, 0.2) is 0 Å². The van der Waals surface area contributed by atoms with E-state index in [9.17, 15) is 4.79 Å². The fourth-order valence-corrected chi connectivity index (χ4v) is 3.36. The Hall–Kier alpha value is -0.520. The Bertz CT molecular complexity index is 305. The Morgan fingerprint density at radius 3 is 2.63 bits per heavy atom. The van der Waals surface area contributed by atoms with Crippen molar-refractivity contribution in [1.82, 2.24) is 21.3 Å². The second-order valence-corrected chi connectivity index (χ2v) is 6.48. The van der Waals surface area contributed by atoms with E-state index in [0.717, 1.165) is 19.3 Å². The number of alkyl halides is 1. The molecule has 1 saturated carbocycles. The van der Waals surface area contributed by atoms with Crippen LogP contribution in [0.3, 0.4) is 0 Å². The molecule has 5 unspecified atom stereocenters. The zero-order valence-corrected chi connectivity index (χ0v) is 12.5. The van der Waals surface area contributed by atoms with E-state index in [0.29, 0.717) is 18.0 Å². The van der Waals surface area contributed by atoms with Crippen LogP contribution in [-0.2, 0) is 0 Å². The molecule has 2 rings (SSSR count). The second kappa shape index (κ2) is 6.77. The van der Waals surface area contributed by atoms with E-state index in [1.807, 2.05) is 0 Å². The first-order chi connectivity index (χ1) is 9.02. The first-order valence-electron chi connectivity index (χ1n) is 7.26. The average Bonchev–Trinajstić information content (AvgIpc) is 2.26. The van der Waals surface area contributed by atoms with Crippen LogP contribution in [-0.4, -0.2) is 29.9 Å². The Morgan fingerprint density at radius 2 is 1.95 bits per heavy atom. The van der Waals surface area contributed by atoms with E-state index in [-0.39, 0.29) is 17.8 Å². The standard InChI is InChI=1S/C13H25ClN4O/c1-8-4-3-5-10(6-8)16-13(19)18-12-15-9(2)7-11(14)17-12/h8-12,15,17H,3-7H2,1-2H3,(H2,16,18,19). The molecule has 2 amide bonds. The maximum Gasteiger partial charge on any atom is 0.317 e. The van der Waals surface area contributed by atoms with E-state index in [1.165, 1.54) is 12.8 Å². The number of hydrogen-bond donors (Lipinski definition) is 4. The summed E-state index contributed by atoms with van der Waals surface area (Å²) in [5.41, 5.74) is -0.101. The fourth-order valence-electron chi connectivity index (χ4n) is 2.97. The van der Waals surface area contributed by atoms with Gasteiger partial charge in [0.15, 0.2) is 0 Å². The maximum atomic E-state index is 12.0. The van der Waals surface area contributed by atoms with Crippen LogP contribution in [0.25, 0.3) is 0 Å². The molecule has 1 aliphatic carbocycles. The summed E-state index contributed by atoms with van der Waals surface area (Å²) in [6.45, 7) is 4.31. The van der Waals surface area contributed by atoms with Crippen molar-refractivity contribution in [1.29, 1.82) is 0 Å². The van der Waals surface area contributed by atoms with Crippen LogP contribution in [0.4, 0.5) is 4.79 Å². The monoisotopic (exact) mass is 288 g/mol. The van der Waals surface area contributed by atoms with Crippen LogP contribution in [0, 0.1) is 5.92 Å². The number of halogens is 1. The van der Waals surface area contributed by atoms with Gasteiger partial charge in [0, 0.05) is 12.1 Å². The molecule has 1 saturated heterocycles. The number of urea groups is 1. The molecule has 1 aliphatic heterocycles. The molecule has 19 heavy (non-hydrogen) atoms. The van der Waals surface area contributed by atoms with E-state index in [1.54, 1.807) is 0 Å². The first-order valence-corrected chi connectivity index (χ1v) is 7.70. The Balaban J connectivity index is 1.74. The normalized spacial score (nSPS) is 39.6. The van der Waals surface area contributed by atoms with Crippen LogP contribution in [0.1, 0.15) is 46.0 Å². The minimum atomic E-state index is -0.257. The van der Waals surface area contributed by atoms with Crippen molar-refractivity contribution < 1.29 is 4.79 Å². The SMILES string of the molecule is CC1CCCC(NC(=O)NC2NC(C)CC(Cl)N2)C1. The van der Waals surface area contributed by atoms with Gasteiger partial charge in [0.2, 0.25) is 0 Å². The predicted octanol–water partition coefficient (Wildman–Crippen LogP) is 1.68. The quantitative estimate of drug-likeness (QED) is 0.462. The van der Waals surface area contributed by atoms with E-state index >= 15 is 0 Å². The van der Waals surface area contributed by atoms with E-state index < -0.39 is 0 Å². The molecule has 0 spiro atoms. The molecular formula is C13H25ClN4O. The summed E-state index contributed by atoms with van der Waals surface area (Å²) in [6, 6.07) is 0.474. The van der Waals surface area contributed by atoms with Crippen molar-refractivity contribution in [2.75, 3.05) is 0 Å². The van der Waals surface area contributed by atoms with Crippen LogP contribution in [0.2, 0.25) is 0 Å². The first kappa shape index (κ1) is 14.9. The lowest BCUT2D eigenvalue weighted by molar-refractivity contribution is 0.205. The molecule has 0 aromatic rings. The third-order valence-electron chi connectivity index (χ3n) is 3.91. The third kappa shape index (κ3) is 4.82. The molecule has 5 atom stereocenters. The number of carbonyl (C=O) groups is 1. The molecule has 2 fully saturated rings. The summed E-state index contributed by atoms with van der Waals surface area (Å²) in [5.74, 6) is 0.706. The van der Waals surface area contributed by atoms with E-state index in [4.69, 9.17) is 11.6 Å². The largest absolute Gasteiger partial charge is 0.335 e. The van der Waals surface area contributed by atoms with Crippen molar-refractivity contribution >= 4 is 17.6 Å². The number of nitrogens with one attached hydrogen (secondary N) is 4. The summed E-state index contributed by atoms with van der Waals surface area (Å²) < 4.78 is 0. The highest BCUT2D eigenvalue weighted by Crippen LogP contribution is 2.23. The van der Waals surface area contributed by atoms with Gasteiger partial charge in [-0.3, -0.25) is 10.6 Å². The number of carbonyl (C=O) groups excluding carboxylic acids is 1. The van der Waals surface area contributed by atoms with Gasteiger partial charge < -0.3 is 10.6 Å². The van der Waals surface area contributed by atoms with Gasteiger partial charge in [-0.2, -0.15) is 0 Å². The molecule has 5 nitrogen and oxygen atoms in total. The van der Waals surface area contributed by atoms with Gasteiger partial charge in [-0.25, -0.2) is 4.79 Å². The highest BCUT2D eigenvalue weighted by Gasteiger charge is 2.26. The molecule has 4 N–H and O–H groups in total. The van der Waals surface area contributed by atoms with Crippen LogP contribution in [0.5, 0.6) is 0 Å². The molecule has 0 radical (unpaired) electrons. The zero-order chi connectivity index (χ0) is 13.8. The predicted molar refractivity (Wildman–Crippen MR) is 76.9 cm³/mol. The molecule has 0 aromatic heterocycles. The fraction of sp³-hybridized carbons (Fsp3) is 0.923. The average molecular weight is 289 g/mol. The molecule has 2 aliphatic rings. The maximum absolute atomic E-state index is 12.0. The summed E-state index contributed by atoms with van der Waals surface area (Å²) >= 11 is 6.08. The highest BCUT2D eigenvalue weighted by atomic mass is 35.5. The van der Waals surface area contributed by atoms with Crippen molar-refractivity contribution in [2.24, 2.45) is 5.92 Å². The molecule has 110 valence electrons. The number of rotatable bonds is 2. The topological polar surface area (TPSA) is 65.2 Å². The summed E-state index contributed by atoms with van der Waals surface area (Å²) in [6.07, 6.45) is 5.23. The van der Waals surface area contributed by atoms with Crippen LogP contribution >= 0.6 is 11.6 Å². The van der Waals surface area contributed by atoms with Crippen molar-refractivity contribution in [3.63, 3.8) is 0 Å². The molecule has 6 heteroatoms. The van der Waals surface area contributed by atoms with Crippen molar-refractivity contribution in [3.8, 4) is 0 Å². The van der Waals surface area contributed by atoms with Gasteiger partial charge in [0.05, 0.1) is 5.50 Å². The van der Waals surface area contributed by atoms with Crippen molar-refractivity contribution in [3.05, 3.63) is 0 Å². The van der Waals surface area contributed by atoms with E-state index in [2.05, 4.69) is 35.1 Å². The van der Waals surface area contributed by atoms with Crippen molar-refractivity contribution in [2.45, 2.75) is 69.8 Å². The third-order valence-corrected chi connectivity index (χ3v) is 4.21.